The molecule has 1 rings (SSSR count). The van der Waals surface area contributed by atoms with Crippen LogP contribution in [-0.2, 0) is 10.0 Å². The third-order valence-electron chi connectivity index (χ3n) is 2.49. The number of anilines is 1. The summed E-state index contributed by atoms with van der Waals surface area (Å²) < 4.78 is 21.7. The Hall–Kier alpha value is -0.830. The van der Waals surface area contributed by atoms with E-state index in [1.165, 1.54) is 0 Å². The highest BCUT2D eigenvalue weighted by atomic mass is 32.2. The summed E-state index contributed by atoms with van der Waals surface area (Å²) in [4.78, 5) is 1.35. The highest BCUT2D eigenvalue weighted by molar-refractivity contribution is 7.99. The Morgan fingerprint density at radius 2 is 2.15 bits per heavy atom. The van der Waals surface area contributed by atoms with Crippen molar-refractivity contribution in [3.63, 3.8) is 0 Å². The number of hydrogen-bond donors (Lipinski definition) is 3. The van der Waals surface area contributed by atoms with Gasteiger partial charge in [0.2, 0.25) is 10.0 Å². The number of primary sulfonamides is 1. The molecule has 0 heterocycles. The van der Waals surface area contributed by atoms with Gasteiger partial charge in [-0.2, -0.15) is 0 Å². The predicted molar refractivity (Wildman–Crippen MR) is 89.8 cm³/mol. The molecule has 112 valence electrons. The van der Waals surface area contributed by atoms with Crippen molar-refractivity contribution in [3.05, 3.63) is 23.8 Å². The zero-order valence-corrected chi connectivity index (χ0v) is 13.7. The summed E-state index contributed by atoms with van der Waals surface area (Å²) in [6, 6.07) is 5.77. The molecule has 0 unspecified atom stereocenters. The first-order valence-corrected chi connectivity index (χ1v) is 9.26. The summed E-state index contributed by atoms with van der Waals surface area (Å²) in [5, 5.41) is 8.12. The standard InChI is InChI=1S/C12H19N3O2S3/c1-2-19-10-6-3-5-9(11(10)12(13)18)15-7-4-8-20(14,16)17/h3,5-6,15H,2,4,7-8H2,1H3,(H2,13,18)(H2,14,16,17). The number of hydrogen-bond acceptors (Lipinski definition) is 5. The molecule has 20 heavy (non-hydrogen) atoms. The quantitative estimate of drug-likeness (QED) is 0.379. The third-order valence-corrected chi connectivity index (χ3v) is 4.50. The molecule has 0 saturated heterocycles. The number of nitrogens with one attached hydrogen (secondary N) is 1. The first-order chi connectivity index (χ1) is 9.35. The Bertz CT molecular complexity index is 573. The molecule has 0 saturated carbocycles. The van der Waals surface area contributed by atoms with Crippen molar-refractivity contribution in [2.75, 3.05) is 23.4 Å². The van der Waals surface area contributed by atoms with E-state index in [4.69, 9.17) is 23.1 Å². The number of rotatable bonds is 8. The van der Waals surface area contributed by atoms with Crippen LogP contribution >= 0.6 is 24.0 Å². The van der Waals surface area contributed by atoms with Crippen LogP contribution in [0.25, 0.3) is 0 Å². The molecule has 0 spiro atoms. The maximum Gasteiger partial charge on any atom is 0.209 e. The van der Waals surface area contributed by atoms with Gasteiger partial charge in [-0.25, -0.2) is 13.6 Å². The molecule has 1 aromatic carbocycles. The molecule has 0 amide bonds. The van der Waals surface area contributed by atoms with Crippen LogP contribution in [0.3, 0.4) is 0 Å². The average molecular weight is 334 g/mol. The minimum absolute atomic E-state index is 0.0498. The van der Waals surface area contributed by atoms with E-state index >= 15 is 0 Å². The molecular formula is C12H19N3O2S3. The maximum atomic E-state index is 10.9. The second-order valence-corrected chi connectivity index (χ2v) is 7.60. The minimum Gasteiger partial charge on any atom is -0.389 e. The number of thioether (sulfide) groups is 1. The van der Waals surface area contributed by atoms with Crippen molar-refractivity contribution >= 4 is 44.7 Å². The van der Waals surface area contributed by atoms with Gasteiger partial charge in [0.25, 0.3) is 0 Å². The van der Waals surface area contributed by atoms with Gasteiger partial charge in [0.15, 0.2) is 0 Å². The molecular weight excluding hydrogens is 314 g/mol. The van der Waals surface area contributed by atoms with Gasteiger partial charge in [-0.3, -0.25) is 0 Å². The van der Waals surface area contributed by atoms with E-state index < -0.39 is 10.0 Å². The molecule has 0 bridgehead atoms. The summed E-state index contributed by atoms with van der Waals surface area (Å²) in [5.41, 5.74) is 7.42. The topological polar surface area (TPSA) is 98.2 Å². The highest BCUT2D eigenvalue weighted by Crippen LogP contribution is 2.28. The molecule has 0 fully saturated rings. The van der Waals surface area contributed by atoms with E-state index in [0.717, 1.165) is 21.9 Å². The van der Waals surface area contributed by atoms with Crippen molar-refractivity contribution in [2.45, 2.75) is 18.2 Å². The van der Waals surface area contributed by atoms with Crippen LogP contribution < -0.4 is 16.2 Å². The molecule has 8 heteroatoms. The van der Waals surface area contributed by atoms with Crippen LogP contribution in [0.5, 0.6) is 0 Å². The first-order valence-electron chi connectivity index (χ1n) is 6.15. The maximum absolute atomic E-state index is 10.9. The Kier molecular flexibility index (Phi) is 6.74. The fourth-order valence-corrected chi connectivity index (χ4v) is 3.39. The lowest BCUT2D eigenvalue weighted by atomic mass is 10.1. The highest BCUT2D eigenvalue weighted by Gasteiger charge is 2.11. The normalized spacial score (nSPS) is 11.3. The van der Waals surface area contributed by atoms with Gasteiger partial charge in [-0.1, -0.05) is 25.2 Å². The summed E-state index contributed by atoms with van der Waals surface area (Å²) in [6.45, 7) is 2.55. The van der Waals surface area contributed by atoms with Crippen LogP contribution in [0.1, 0.15) is 18.9 Å². The summed E-state index contributed by atoms with van der Waals surface area (Å²) in [7, 11) is -3.42. The number of benzene rings is 1. The van der Waals surface area contributed by atoms with Gasteiger partial charge < -0.3 is 11.1 Å². The largest absolute Gasteiger partial charge is 0.389 e. The van der Waals surface area contributed by atoms with Gasteiger partial charge in [-0.15, -0.1) is 11.8 Å². The zero-order valence-electron chi connectivity index (χ0n) is 11.3. The smallest absolute Gasteiger partial charge is 0.209 e. The monoisotopic (exact) mass is 333 g/mol. The lowest BCUT2D eigenvalue weighted by Gasteiger charge is -2.14. The van der Waals surface area contributed by atoms with Gasteiger partial charge >= 0.3 is 0 Å². The molecule has 0 radical (unpaired) electrons. The summed E-state index contributed by atoms with van der Waals surface area (Å²) in [5.74, 6) is 0.871. The van der Waals surface area contributed by atoms with E-state index in [2.05, 4.69) is 12.2 Å². The molecule has 0 aliphatic rings. The molecule has 0 atom stereocenters. The van der Waals surface area contributed by atoms with Crippen LogP contribution in [0.2, 0.25) is 0 Å². The summed E-state index contributed by atoms with van der Waals surface area (Å²) in [6.07, 6.45) is 0.431. The summed E-state index contributed by atoms with van der Waals surface area (Å²) >= 11 is 6.76. The van der Waals surface area contributed by atoms with Crippen molar-refractivity contribution in [1.29, 1.82) is 0 Å². The SMILES string of the molecule is CCSc1cccc(NCCCS(N)(=O)=O)c1C(N)=S. The van der Waals surface area contributed by atoms with Crippen LogP contribution in [-0.4, -0.2) is 31.5 Å². The Morgan fingerprint density at radius 1 is 1.45 bits per heavy atom. The number of nitrogens with two attached hydrogens (primary N) is 2. The second kappa shape index (κ2) is 7.82. The lowest BCUT2D eigenvalue weighted by molar-refractivity contribution is 0.596. The van der Waals surface area contributed by atoms with Gasteiger partial charge in [0, 0.05) is 22.7 Å². The molecule has 1 aromatic rings. The molecule has 0 aromatic heterocycles. The lowest BCUT2D eigenvalue weighted by Crippen LogP contribution is -2.20. The Balaban J connectivity index is 2.79. The van der Waals surface area contributed by atoms with Crippen LogP contribution in [0, 0.1) is 0 Å². The predicted octanol–water partition coefficient (Wildman–Crippen LogP) is 1.52. The van der Waals surface area contributed by atoms with Gasteiger partial charge in [-0.05, 0) is 24.3 Å². The van der Waals surface area contributed by atoms with Gasteiger partial charge in [0.05, 0.1) is 5.75 Å². The first kappa shape index (κ1) is 17.2. The molecule has 5 nitrogen and oxygen atoms in total. The minimum atomic E-state index is -3.42. The van der Waals surface area contributed by atoms with Gasteiger partial charge in [0.1, 0.15) is 4.99 Å². The molecule has 0 aliphatic heterocycles. The van der Waals surface area contributed by atoms with Crippen molar-refractivity contribution < 1.29 is 8.42 Å². The third kappa shape index (κ3) is 5.66. The van der Waals surface area contributed by atoms with Crippen LogP contribution in [0.15, 0.2) is 23.1 Å². The number of sulfonamides is 1. The Morgan fingerprint density at radius 3 is 2.70 bits per heavy atom. The van der Waals surface area contributed by atoms with E-state index in [1.807, 2.05) is 18.2 Å². The molecule has 5 N–H and O–H groups in total. The van der Waals surface area contributed by atoms with E-state index in [1.54, 1.807) is 11.8 Å². The fraction of sp³-hybridized carbons (Fsp3) is 0.417. The fourth-order valence-electron chi connectivity index (χ4n) is 1.70. The van der Waals surface area contributed by atoms with E-state index in [0.29, 0.717) is 18.0 Å². The van der Waals surface area contributed by atoms with Crippen LogP contribution in [0.4, 0.5) is 5.69 Å². The molecule has 0 aliphatic carbocycles. The average Bonchev–Trinajstić information content (AvgIpc) is 2.33. The number of thiocarbonyl (C=S) groups is 1. The van der Waals surface area contributed by atoms with Crippen molar-refractivity contribution in [3.8, 4) is 0 Å². The van der Waals surface area contributed by atoms with E-state index in [-0.39, 0.29) is 5.75 Å². The van der Waals surface area contributed by atoms with E-state index in [9.17, 15) is 8.42 Å². The Labute approximate surface area is 129 Å². The second-order valence-electron chi connectivity index (χ2n) is 4.12. The zero-order chi connectivity index (χ0) is 15.2. The van der Waals surface area contributed by atoms with Crippen molar-refractivity contribution in [2.24, 2.45) is 10.9 Å². The van der Waals surface area contributed by atoms with Crippen molar-refractivity contribution in [1.82, 2.24) is 0 Å².